The van der Waals surface area contributed by atoms with E-state index in [-0.39, 0.29) is 11.7 Å². The lowest BCUT2D eigenvalue weighted by molar-refractivity contribution is -0.121. The molecule has 2 N–H and O–H groups in total. The molecule has 5 rings (SSSR count). The SMILES string of the molecule is C#CCN1CCN(CC#Cc2ccc3c(c2)N(C)C(=O)[C@@H](NC(=O)c2n[nH]c(Cc4ccccc4)n2)[C@@H](C)O3)CC1. The largest absolute Gasteiger partial charge is 0.486 e. The van der Waals surface area contributed by atoms with Crippen LogP contribution in [0, 0.1) is 24.2 Å². The summed E-state index contributed by atoms with van der Waals surface area (Å²) in [5.74, 6) is 9.36. The Bertz CT molecular complexity index is 1490. The van der Waals surface area contributed by atoms with E-state index in [9.17, 15) is 9.59 Å². The third-order valence-corrected chi connectivity index (χ3v) is 7.25. The lowest BCUT2D eigenvalue weighted by Crippen LogP contribution is -2.53. The number of aromatic amines is 1. The smallest absolute Gasteiger partial charge is 0.291 e. The quantitative estimate of drug-likeness (QED) is 0.448. The molecule has 2 aliphatic rings. The van der Waals surface area contributed by atoms with E-state index in [1.807, 2.05) is 48.5 Å². The maximum Gasteiger partial charge on any atom is 0.291 e. The zero-order valence-electron chi connectivity index (χ0n) is 23.3. The topological polar surface area (TPSA) is 107 Å². The van der Waals surface area contributed by atoms with Crippen molar-refractivity contribution in [2.24, 2.45) is 0 Å². The van der Waals surface area contributed by atoms with Crippen LogP contribution in [0.25, 0.3) is 0 Å². The van der Waals surface area contributed by atoms with Crippen LogP contribution in [0.1, 0.15) is 34.5 Å². The summed E-state index contributed by atoms with van der Waals surface area (Å²) in [4.78, 5) is 36.8. The van der Waals surface area contributed by atoms with Crippen LogP contribution in [0.2, 0.25) is 0 Å². The van der Waals surface area contributed by atoms with Crippen molar-refractivity contribution < 1.29 is 14.3 Å². The van der Waals surface area contributed by atoms with Crippen molar-refractivity contribution in [2.75, 3.05) is 51.2 Å². The molecule has 210 valence electrons. The second kappa shape index (κ2) is 12.7. The van der Waals surface area contributed by atoms with Crippen LogP contribution in [0.3, 0.4) is 0 Å². The molecule has 2 aromatic carbocycles. The van der Waals surface area contributed by atoms with Gasteiger partial charge in [0.2, 0.25) is 5.82 Å². The Balaban J connectivity index is 1.22. The summed E-state index contributed by atoms with van der Waals surface area (Å²) in [6.45, 7) is 6.83. The number of fused-ring (bicyclic) bond motifs is 1. The van der Waals surface area contributed by atoms with Crippen LogP contribution >= 0.6 is 0 Å². The number of hydrogen-bond acceptors (Lipinski definition) is 7. The highest BCUT2D eigenvalue weighted by Crippen LogP contribution is 2.33. The molecule has 0 aliphatic carbocycles. The minimum atomic E-state index is -0.932. The highest BCUT2D eigenvalue weighted by Gasteiger charge is 2.36. The van der Waals surface area contributed by atoms with Gasteiger partial charge in [-0.15, -0.1) is 11.5 Å². The fraction of sp³-hybridized carbons (Fsp3) is 0.355. The standard InChI is InChI=1S/C31H33N7O3/c1-4-14-37-16-18-38(19-17-37)15-8-11-24-12-13-26-25(20-24)36(3)31(40)28(22(2)41-26)33-30(39)29-32-27(34-35-29)21-23-9-6-5-7-10-23/h1,5-7,9-10,12-13,20,22,28H,14-19,21H2,2-3H3,(H,33,39)(H,32,34,35)/t22-,28+/m1/s1. The second-order valence-corrected chi connectivity index (χ2v) is 10.2. The average Bonchev–Trinajstić information content (AvgIpc) is 3.43. The Hall–Kier alpha value is -4.64. The lowest BCUT2D eigenvalue weighted by atomic mass is 10.1. The van der Waals surface area contributed by atoms with Crippen molar-refractivity contribution in [1.82, 2.24) is 30.3 Å². The Labute approximate surface area is 240 Å². The molecule has 10 heteroatoms. The molecule has 0 spiro atoms. The Morgan fingerprint density at radius 3 is 2.59 bits per heavy atom. The number of H-pyrrole nitrogens is 1. The number of rotatable bonds is 6. The van der Waals surface area contributed by atoms with E-state index in [1.54, 1.807) is 14.0 Å². The van der Waals surface area contributed by atoms with Gasteiger partial charge >= 0.3 is 0 Å². The number of hydrogen-bond donors (Lipinski definition) is 2. The van der Waals surface area contributed by atoms with Gasteiger partial charge in [-0.05, 0) is 30.7 Å². The zero-order valence-corrected chi connectivity index (χ0v) is 23.3. The average molecular weight is 552 g/mol. The van der Waals surface area contributed by atoms with E-state index >= 15 is 0 Å². The second-order valence-electron chi connectivity index (χ2n) is 10.2. The number of ether oxygens (including phenoxy) is 1. The van der Waals surface area contributed by atoms with Gasteiger partial charge in [0.25, 0.3) is 11.8 Å². The minimum Gasteiger partial charge on any atom is -0.486 e. The molecule has 41 heavy (non-hydrogen) atoms. The van der Waals surface area contributed by atoms with E-state index in [1.165, 1.54) is 4.90 Å². The lowest BCUT2D eigenvalue weighted by Gasteiger charge is -2.32. The molecule has 1 aromatic heterocycles. The van der Waals surface area contributed by atoms with Crippen molar-refractivity contribution in [1.29, 1.82) is 0 Å². The molecule has 2 atom stereocenters. The maximum absolute atomic E-state index is 13.5. The third kappa shape index (κ3) is 6.75. The van der Waals surface area contributed by atoms with Gasteiger partial charge in [-0.3, -0.25) is 24.5 Å². The van der Waals surface area contributed by atoms with Gasteiger partial charge in [-0.25, -0.2) is 4.98 Å². The predicted octanol–water partition coefficient (Wildman–Crippen LogP) is 1.54. The molecule has 0 saturated carbocycles. The number of carbonyl (C=O) groups excluding carboxylic acids is 2. The van der Waals surface area contributed by atoms with Crippen LogP contribution in [-0.2, 0) is 11.2 Å². The molecule has 2 aliphatic heterocycles. The maximum atomic E-state index is 13.5. The van der Waals surface area contributed by atoms with E-state index in [2.05, 4.69) is 48.1 Å². The summed E-state index contributed by atoms with van der Waals surface area (Å²) in [5, 5.41) is 9.63. The Kier molecular flexibility index (Phi) is 8.64. The molecule has 1 fully saturated rings. The molecule has 0 radical (unpaired) electrons. The van der Waals surface area contributed by atoms with Crippen molar-refractivity contribution in [2.45, 2.75) is 25.5 Å². The van der Waals surface area contributed by atoms with Crippen LogP contribution in [0.4, 0.5) is 5.69 Å². The number of amides is 2. The Morgan fingerprint density at radius 2 is 1.85 bits per heavy atom. The molecule has 0 bridgehead atoms. The number of piperazine rings is 1. The summed E-state index contributed by atoms with van der Waals surface area (Å²) in [5.41, 5.74) is 2.41. The molecular formula is C31H33N7O3. The first kappa shape index (κ1) is 27.9. The summed E-state index contributed by atoms with van der Waals surface area (Å²) in [6, 6.07) is 14.4. The zero-order chi connectivity index (χ0) is 28.8. The minimum absolute atomic E-state index is 0.0321. The number of benzene rings is 2. The molecule has 3 aromatic rings. The number of terminal acetylenes is 1. The van der Waals surface area contributed by atoms with Crippen LogP contribution < -0.4 is 15.0 Å². The monoisotopic (exact) mass is 551 g/mol. The Morgan fingerprint density at radius 1 is 1.12 bits per heavy atom. The van der Waals surface area contributed by atoms with Gasteiger partial charge in [0.05, 0.1) is 18.8 Å². The molecule has 1 saturated heterocycles. The van der Waals surface area contributed by atoms with Crippen LogP contribution in [0.15, 0.2) is 48.5 Å². The van der Waals surface area contributed by atoms with Crippen LogP contribution in [0.5, 0.6) is 5.75 Å². The fourth-order valence-corrected chi connectivity index (χ4v) is 4.89. The predicted molar refractivity (Wildman–Crippen MR) is 155 cm³/mol. The first-order valence-corrected chi connectivity index (χ1v) is 13.6. The summed E-state index contributed by atoms with van der Waals surface area (Å²) < 4.78 is 6.11. The number of nitrogens with one attached hydrogen (secondary N) is 2. The highest BCUT2D eigenvalue weighted by molar-refractivity contribution is 6.02. The number of likely N-dealkylation sites (N-methyl/N-ethyl adjacent to an activating group) is 1. The summed E-state index contributed by atoms with van der Waals surface area (Å²) in [7, 11) is 1.67. The van der Waals surface area contributed by atoms with Gasteiger partial charge in [0.1, 0.15) is 23.7 Å². The van der Waals surface area contributed by atoms with Crippen molar-refractivity contribution >= 4 is 17.5 Å². The van der Waals surface area contributed by atoms with Gasteiger partial charge in [-0.1, -0.05) is 48.1 Å². The molecule has 2 amide bonds. The number of nitrogens with zero attached hydrogens (tertiary/aromatic N) is 5. The summed E-state index contributed by atoms with van der Waals surface area (Å²) >= 11 is 0. The van der Waals surface area contributed by atoms with Gasteiger partial charge in [0, 0.05) is 45.2 Å². The first-order chi connectivity index (χ1) is 19.9. The first-order valence-electron chi connectivity index (χ1n) is 13.6. The number of carbonyl (C=O) groups is 2. The normalized spacial score (nSPS) is 19.2. The molecular weight excluding hydrogens is 518 g/mol. The molecule has 10 nitrogen and oxygen atoms in total. The van der Waals surface area contributed by atoms with E-state index < -0.39 is 18.1 Å². The van der Waals surface area contributed by atoms with E-state index in [4.69, 9.17) is 11.2 Å². The molecule has 0 unspecified atom stereocenters. The van der Waals surface area contributed by atoms with Crippen molar-refractivity contribution in [3.05, 3.63) is 71.3 Å². The van der Waals surface area contributed by atoms with Gasteiger partial charge in [-0.2, -0.15) is 0 Å². The third-order valence-electron chi connectivity index (χ3n) is 7.25. The molecule has 3 heterocycles. The van der Waals surface area contributed by atoms with E-state index in [0.29, 0.717) is 36.8 Å². The van der Waals surface area contributed by atoms with Gasteiger partial charge in [0.15, 0.2) is 0 Å². The number of aromatic nitrogens is 3. The van der Waals surface area contributed by atoms with Crippen LogP contribution in [-0.4, -0.2) is 95.3 Å². The van der Waals surface area contributed by atoms with E-state index in [0.717, 1.165) is 37.3 Å². The van der Waals surface area contributed by atoms with Crippen molar-refractivity contribution in [3.63, 3.8) is 0 Å². The number of anilines is 1. The fourth-order valence-electron chi connectivity index (χ4n) is 4.89. The van der Waals surface area contributed by atoms with Crippen molar-refractivity contribution in [3.8, 4) is 29.9 Å². The summed E-state index contributed by atoms with van der Waals surface area (Å²) in [6.07, 6.45) is 5.30. The van der Waals surface area contributed by atoms with Gasteiger partial charge < -0.3 is 15.0 Å². The highest BCUT2D eigenvalue weighted by atomic mass is 16.5.